The fourth-order valence-electron chi connectivity index (χ4n) is 0.710. The SMILES string of the molecule is Cc1ccn(C(O)(Cl)C(Br)(Br)Br)n1. The maximum Gasteiger partial charge on any atom is 0.271 e. The Morgan fingerprint density at radius 3 is 2.38 bits per heavy atom. The van der Waals surface area contributed by atoms with E-state index >= 15 is 0 Å². The first-order valence-corrected chi connectivity index (χ1v) is 6.01. The average molecular weight is 397 g/mol. The van der Waals surface area contributed by atoms with Gasteiger partial charge in [0.25, 0.3) is 5.18 Å². The summed E-state index contributed by atoms with van der Waals surface area (Å²) in [7, 11) is 0. The minimum atomic E-state index is -1.72. The summed E-state index contributed by atoms with van der Waals surface area (Å²) in [6.45, 7) is 1.81. The molecular weight excluding hydrogens is 391 g/mol. The van der Waals surface area contributed by atoms with E-state index < -0.39 is 7.33 Å². The van der Waals surface area contributed by atoms with E-state index in [1.54, 1.807) is 12.3 Å². The Morgan fingerprint density at radius 1 is 1.54 bits per heavy atom. The third-order valence-corrected chi connectivity index (χ3v) is 4.19. The summed E-state index contributed by atoms with van der Waals surface area (Å²) in [6.07, 6.45) is 1.58. The molecule has 7 heteroatoms. The largest absolute Gasteiger partial charge is 0.355 e. The Balaban J connectivity index is 3.07. The van der Waals surface area contributed by atoms with Gasteiger partial charge < -0.3 is 5.11 Å². The first-order valence-electron chi connectivity index (χ1n) is 3.26. The lowest BCUT2D eigenvalue weighted by Gasteiger charge is -2.29. The molecule has 0 fully saturated rings. The lowest BCUT2D eigenvalue weighted by atomic mass is 10.5. The lowest BCUT2D eigenvalue weighted by molar-refractivity contribution is 0.0539. The highest BCUT2D eigenvalue weighted by molar-refractivity contribution is 9.39. The van der Waals surface area contributed by atoms with Crippen molar-refractivity contribution >= 4 is 59.4 Å². The number of aryl methyl sites for hydroxylation is 1. The number of alkyl halides is 4. The zero-order valence-corrected chi connectivity index (χ0v) is 12.0. The normalized spacial score (nSPS) is 17.1. The molecule has 1 atom stereocenters. The van der Waals surface area contributed by atoms with Gasteiger partial charge in [0.15, 0.2) is 2.14 Å². The number of aliphatic hydroxyl groups is 1. The monoisotopic (exact) mass is 394 g/mol. The molecular formula is C6H6Br3ClN2O. The maximum atomic E-state index is 9.86. The highest BCUT2D eigenvalue weighted by atomic mass is 80.0. The summed E-state index contributed by atoms with van der Waals surface area (Å²) >= 11 is 15.3. The van der Waals surface area contributed by atoms with Crippen LogP contribution in [0.2, 0.25) is 0 Å². The van der Waals surface area contributed by atoms with Gasteiger partial charge in [-0.05, 0) is 13.0 Å². The predicted octanol–water partition coefficient (Wildman–Crippen LogP) is 2.87. The van der Waals surface area contributed by atoms with Gasteiger partial charge in [0, 0.05) is 6.20 Å². The Morgan fingerprint density at radius 2 is 2.08 bits per heavy atom. The third kappa shape index (κ3) is 2.47. The van der Waals surface area contributed by atoms with Crippen molar-refractivity contribution in [1.29, 1.82) is 0 Å². The van der Waals surface area contributed by atoms with Crippen molar-refractivity contribution in [1.82, 2.24) is 9.78 Å². The number of rotatable bonds is 1. The number of hydrogen-bond acceptors (Lipinski definition) is 2. The van der Waals surface area contributed by atoms with Crippen LogP contribution in [0.4, 0.5) is 0 Å². The van der Waals surface area contributed by atoms with Crippen LogP contribution >= 0.6 is 59.4 Å². The van der Waals surface area contributed by atoms with E-state index in [1.807, 2.05) is 6.92 Å². The topological polar surface area (TPSA) is 38.0 Å². The fraction of sp³-hybridized carbons (Fsp3) is 0.500. The zero-order valence-electron chi connectivity index (χ0n) is 6.51. The Bertz CT molecular complexity index is 307. The van der Waals surface area contributed by atoms with E-state index in [9.17, 15) is 5.11 Å². The Kier molecular flexibility index (Phi) is 3.51. The van der Waals surface area contributed by atoms with Crippen LogP contribution in [0.25, 0.3) is 0 Å². The van der Waals surface area contributed by atoms with Crippen LogP contribution in [0.5, 0.6) is 0 Å². The van der Waals surface area contributed by atoms with E-state index in [-0.39, 0.29) is 0 Å². The van der Waals surface area contributed by atoms with Crippen LogP contribution in [-0.4, -0.2) is 17.0 Å². The van der Waals surface area contributed by atoms with E-state index in [0.29, 0.717) is 0 Å². The van der Waals surface area contributed by atoms with Crippen LogP contribution in [0.15, 0.2) is 12.3 Å². The molecule has 13 heavy (non-hydrogen) atoms. The van der Waals surface area contributed by atoms with Crippen LogP contribution < -0.4 is 0 Å². The summed E-state index contributed by atoms with van der Waals surface area (Å²) in [4.78, 5) is 0. The second kappa shape index (κ2) is 3.81. The van der Waals surface area contributed by atoms with Crippen molar-refractivity contribution in [2.24, 2.45) is 0 Å². The van der Waals surface area contributed by atoms with Gasteiger partial charge in [0.05, 0.1) is 5.69 Å². The molecule has 0 aliphatic carbocycles. The van der Waals surface area contributed by atoms with E-state index in [0.717, 1.165) is 5.69 Å². The summed E-state index contributed by atoms with van der Waals surface area (Å²) in [5.74, 6) is 0. The quantitative estimate of drug-likeness (QED) is 0.741. The van der Waals surface area contributed by atoms with Crippen molar-refractivity contribution < 1.29 is 5.11 Å². The maximum absolute atomic E-state index is 9.86. The summed E-state index contributed by atoms with van der Waals surface area (Å²) in [5, 5.41) is 12.1. The number of nitrogens with zero attached hydrogens (tertiary/aromatic N) is 2. The Hall–Kier alpha value is 0.900. The van der Waals surface area contributed by atoms with E-state index in [1.165, 1.54) is 4.68 Å². The van der Waals surface area contributed by atoms with Crippen LogP contribution in [0, 0.1) is 6.92 Å². The van der Waals surface area contributed by atoms with Gasteiger partial charge >= 0.3 is 0 Å². The van der Waals surface area contributed by atoms with Gasteiger partial charge in [-0.25, -0.2) is 4.68 Å². The van der Waals surface area contributed by atoms with Crippen molar-refractivity contribution in [3.8, 4) is 0 Å². The second-order valence-corrected chi connectivity index (χ2v) is 9.77. The molecule has 0 aliphatic rings. The molecule has 74 valence electrons. The fourth-order valence-corrected chi connectivity index (χ4v) is 1.35. The molecule has 0 amide bonds. The molecule has 0 saturated carbocycles. The predicted molar refractivity (Wildman–Crippen MR) is 62.5 cm³/mol. The molecule has 0 bridgehead atoms. The Labute approximate surface area is 106 Å². The molecule has 1 aromatic heterocycles. The molecule has 0 radical (unpaired) electrons. The highest BCUT2D eigenvalue weighted by Gasteiger charge is 2.46. The van der Waals surface area contributed by atoms with Crippen LogP contribution in [-0.2, 0) is 5.18 Å². The second-order valence-electron chi connectivity index (χ2n) is 2.49. The zero-order chi connectivity index (χ0) is 10.3. The standard InChI is InChI=1S/C6H6Br3ClN2O/c1-4-2-3-12(11-4)6(10,13)5(7,8)9/h2-3,13H,1H3. The van der Waals surface area contributed by atoms with E-state index in [4.69, 9.17) is 11.6 Å². The van der Waals surface area contributed by atoms with Gasteiger partial charge in [-0.2, -0.15) is 5.10 Å². The minimum absolute atomic E-state index is 0.774. The van der Waals surface area contributed by atoms with Crippen molar-refractivity contribution in [2.45, 2.75) is 14.3 Å². The lowest BCUT2D eigenvalue weighted by Crippen LogP contribution is -2.39. The van der Waals surface area contributed by atoms with Gasteiger partial charge in [-0.3, -0.25) is 0 Å². The number of aromatic nitrogens is 2. The summed E-state index contributed by atoms with van der Waals surface area (Å²) in [6, 6.07) is 1.74. The van der Waals surface area contributed by atoms with Crippen molar-refractivity contribution in [3.63, 3.8) is 0 Å². The molecule has 3 nitrogen and oxygen atoms in total. The van der Waals surface area contributed by atoms with Gasteiger partial charge in [0.1, 0.15) is 0 Å². The molecule has 1 rings (SSSR count). The van der Waals surface area contributed by atoms with Gasteiger partial charge in [-0.15, -0.1) is 0 Å². The third-order valence-electron chi connectivity index (χ3n) is 1.39. The number of halogens is 4. The van der Waals surface area contributed by atoms with Crippen LogP contribution in [0.1, 0.15) is 5.69 Å². The number of hydrogen-bond donors (Lipinski definition) is 1. The van der Waals surface area contributed by atoms with Crippen LogP contribution in [0.3, 0.4) is 0 Å². The average Bonchev–Trinajstić information content (AvgIpc) is 2.33. The van der Waals surface area contributed by atoms with Gasteiger partial charge in [-0.1, -0.05) is 59.4 Å². The van der Waals surface area contributed by atoms with Crippen molar-refractivity contribution in [2.75, 3.05) is 0 Å². The van der Waals surface area contributed by atoms with E-state index in [2.05, 4.69) is 52.9 Å². The smallest absolute Gasteiger partial charge is 0.271 e. The first-order chi connectivity index (χ1) is 5.75. The highest BCUT2D eigenvalue weighted by Crippen LogP contribution is 2.48. The first kappa shape index (κ1) is 12.0. The molecule has 1 heterocycles. The molecule has 0 aromatic carbocycles. The minimum Gasteiger partial charge on any atom is -0.355 e. The molecule has 1 aromatic rings. The summed E-state index contributed by atoms with van der Waals surface area (Å²) in [5.41, 5.74) is 0.774. The summed E-state index contributed by atoms with van der Waals surface area (Å²) < 4.78 is 0.210. The molecule has 1 unspecified atom stereocenters. The molecule has 0 spiro atoms. The van der Waals surface area contributed by atoms with Gasteiger partial charge in [0.2, 0.25) is 0 Å². The molecule has 1 N–H and O–H groups in total. The molecule has 0 saturated heterocycles. The molecule has 0 aliphatic heterocycles. The van der Waals surface area contributed by atoms with Crippen molar-refractivity contribution in [3.05, 3.63) is 18.0 Å².